The fourth-order valence-electron chi connectivity index (χ4n) is 2.39. The molecule has 0 heterocycles. The van der Waals surface area contributed by atoms with Crippen molar-refractivity contribution in [3.05, 3.63) is 29.8 Å². The molecule has 1 aliphatic rings. The molecule has 110 valence electrons. The second kappa shape index (κ2) is 4.54. The van der Waals surface area contributed by atoms with Crippen LogP contribution in [-0.4, -0.2) is 21.0 Å². The lowest BCUT2D eigenvalue weighted by atomic mass is 9.96. The van der Waals surface area contributed by atoms with Gasteiger partial charge in [0, 0.05) is 11.3 Å². The predicted molar refractivity (Wildman–Crippen MR) is 79.7 cm³/mol. The van der Waals surface area contributed by atoms with Crippen LogP contribution in [-0.2, 0) is 10.2 Å². The van der Waals surface area contributed by atoms with Crippen molar-refractivity contribution in [2.75, 3.05) is 0 Å². The van der Waals surface area contributed by atoms with Gasteiger partial charge >= 0.3 is 5.97 Å². The zero-order valence-electron chi connectivity index (χ0n) is 11.9. The average molecular weight is 317 g/mol. The average Bonchev–Trinajstić information content (AvgIpc) is 2.74. The van der Waals surface area contributed by atoms with Crippen molar-refractivity contribution < 1.29 is 14.6 Å². The maximum atomic E-state index is 11.0. The molecule has 1 N–H and O–H groups in total. The maximum absolute atomic E-state index is 11.0. The van der Waals surface area contributed by atoms with Crippen LogP contribution >= 0.6 is 23.2 Å². The molecule has 0 amide bonds. The molecule has 0 bridgehead atoms. The summed E-state index contributed by atoms with van der Waals surface area (Å²) >= 11 is 12.6. The fraction of sp³-hybridized carbons (Fsp3) is 0.533. The van der Waals surface area contributed by atoms with E-state index < -0.39 is 15.9 Å². The van der Waals surface area contributed by atoms with Crippen molar-refractivity contribution in [1.29, 1.82) is 0 Å². The van der Waals surface area contributed by atoms with E-state index in [1.165, 1.54) is 13.8 Å². The lowest BCUT2D eigenvalue weighted by molar-refractivity contribution is -0.152. The Morgan fingerprint density at radius 3 is 2.10 bits per heavy atom. The summed E-state index contributed by atoms with van der Waals surface area (Å²) in [6.07, 6.45) is 0. The second-order valence-electron chi connectivity index (χ2n) is 5.99. The van der Waals surface area contributed by atoms with E-state index in [-0.39, 0.29) is 11.3 Å². The highest BCUT2D eigenvalue weighted by Gasteiger charge is 2.71. The Labute approximate surface area is 128 Å². The number of halogens is 2. The zero-order chi connectivity index (χ0) is 15.3. The van der Waals surface area contributed by atoms with Crippen molar-refractivity contribution >= 4 is 29.2 Å². The summed E-state index contributed by atoms with van der Waals surface area (Å²) in [5.74, 6) is -0.335. The van der Waals surface area contributed by atoms with Crippen LogP contribution < -0.4 is 4.74 Å². The molecule has 0 aromatic heterocycles. The van der Waals surface area contributed by atoms with Gasteiger partial charge in [0.1, 0.15) is 10.1 Å². The highest BCUT2D eigenvalue weighted by Crippen LogP contribution is 2.69. The van der Waals surface area contributed by atoms with Crippen LogP contribution in [0.1, 0.15) is 33.3 Å². The van der Waals surface area contributed by atoms with E-state index in [1.54, 1.807) is 12.1 Å². The predicted octanol–water partition coefficient (Wildman–Crippen LogP) is 4.01. The van der Waals surface area contributed by atoms with Gasteiger partial charge in [-0.15, -0.1) is 23.2 Å². The van der Waals surface area contributed by atoms with Gasteiger partial charge in [-0.1, -0.05) is 26.0 Å². The van der Waals surface area contributed by atoms with Gasteiger partial charge in [0.25, 0.3) is 0 Å². The SMILES string of the molecule is CC1C(Cl)(Cl)C1(C)c1ccc(OC(C)(C)C(=O)O)cc1. The summed E-state index contributed by atoms with van der Waals surface area (Å²) in [6, 6.07) is 7.27. The van der Waals surface area contributed by atoms with Gasteiger partial charge in [0.2, 0.25) is 0 Å². The molecule has 0 spiro atoms. The summed E-state index contributed by atoms with van der Waals surface area (Å²) in [7, 11) is 0. The molecule has 2 rings (SSSR count). The summed E-state index contributed by atoms with van der Waals surface area (Å²) in [5, 5.41) is 9.04. The van der Waals surface area contributed by atoms with Crippen molar-refractivity contribution in [2.45, 2.75) is 43.0 Å². The minimum atomic E-state index is -1.26. The van der Waals surface area contributed by atoms with Crippen LogP contribution in [0, 0.1) is 5.92 Å². The summed E-state index contributed by atoms with van der Waals surface area (Å²) in [5.41, 5.74) is -0.520. The first-order chi connectivity index (χ1) is 9.03. The van der Waals surface area contributed by atoms with Crippen LogP contribution in [0.25, 0.3) is 0 Å². The van der Waals surface area contributed by atoms with Gasteiger partial charge in [0.05, 0.1) is 0 Å². The number of rotatable bonds is 4. The number of hydrogen-bond acceptors (Lipinski definition) is 2. The van der Waals surface area contributed by atoms with E-state index in [9.17, 15) is 4.79 Å². The van der Waals surface area contributed by atoms with Gasteiger partial charge in [-0.05, 0) is 31.5 Å². The number of hydrogen-bond donors (Lipinski definition) is 1. The minimum Gasteiger partial charge on any atom is -0.478 e. The molecule has 0 aliphatic heterocycles. The van der Waals surface area contributed by atoms with Gasteiger partial charge in [0.15, 0.2) is 5.60 Å². The van der Waals surface area contributed by atoms with Gasteiger partial charge in [-0.25, -0.2) is 4.79 Å². The number of carbonyl (C=O) groups is 1. The number of ether oxygens (including phenoxy) is 1. The van der Waals surface area contributed by atoms with Gasteiger partial charge in [-0.3, -0.25) is 0 Å². The highest BCUT2D eigenvalue weighted by molar-refractivity contribution is 6.52. The lowest BCUT2D eigenvalue weighted by Crippen LogP contribution is -2.37. The third kappa shape index (κ3) is 2.17. The summed E-state index contributed by atoms with van der Waals surface area (Å²) in [4.78, 5) is 11.0. The topological polar surface area (TPSA) is 46.5 Å². The van der Waals surface area contributed by atoms with E-state index in [4.69, 9.17) is 33.0 Å². The summed E-state index contributed by atoms with van der Waals surface area (Å²) in [6.45, 7) is 7.05. The van der Waals surface area contributed by atoms with E-state index in [2.05, 4.69) is 0 Å². The first-order valence-corrected chi connectivity index (χ1v) is 7.20. The molecular weight excluding hydrogens is 299 g/mol. The summed E-state index contributed by atoms with van der Waals surface area (Å²) < 4.78 is 4.71. The highest BCUT2D eigenvalue weighted by atomic mass is 35.5. The monoisotopic (exact) mass is 316 g/mol. The van der Waals surface area contributed by atoms with Gasteiger partial charge < -0.3 is 9.84 Å². The third-order valence-electron chi connectivity index (χ3n) is 4.36. The van der Waals surface area contributed by atoms with Crippen LogP contribution in [0.4, 0.5) is 0 Å². The van der Waals surface area contributed by atoms with Crippen LogP contribution in [0.3, 0.4) is 0 Å². The molecule has 2 atom stereocenters. The Morgan fingerprint density at radius 2 is 1.75 bits per heavy atom. The lowest BCUT2D eigenvalue weighted by Gasteiger charge is -2.22. The molecule has 1 fully saturated rings. The van der Waals surface area contributed by atoms with Crippen LogP contribution in [0.15, 0.2) is 24.3 Å². The molecule has 20 heavy (non-hydrogen) atoms. The van der Waals surface area contributed by atoms with Crippen molar-refractivity contribution in [1.82, 2.24) is 0 Å². The Kier molecular flexibility index (Phi) is 3.51. The molecule has 0 saturated heterocycles. The molecule has 1 aromatic rings. The maximum Gasteiger partial charge on any atom is 0.347 e. The van der Waals surface area contributed by atoms with Gasteiger partial charge in [-0.2, -0.15) is 0 Å². The minimum absolute atomic E-state index is 0.167. The number of carboxylic acids is 1. The molecule has 0 radical (unpaired) electrons. The van der Waals surface area contributed by atoms with E-state index in [0.29, 0.717) is 5.75 Å². The molecule has 1 aromatic carbocycles. The molecule has 1 aliphatic carbocycles. The first-order valence-electron chi connectivity index (χ1n) is 6.44. The first kappa shape index (κ1) is 15.5. The van der Waals surface area contributed by atoms with E-state index in [0.717, 1.165) is 5.56 Å². The molecular formula is C15H18Cl2O3. The van der Waals surface area contributed by atoms with Crippen LogP contribution in [0.5, 0.6) is 5.75 Å². The molecule has 3 nitrogen and oxygen atoms in total. The van der Waals surface area contributed by atoms with E-state index >= 15 is 0 Å². The third-order valence-corrected chi connectivity index (χ3v) is 5.80. The van der Waals surface area contributed by atoms with E-state index in [1.807, 2.05) is 26.0 Å². The van der Waals surface area contributed by atoms with Crippen molar-refractivity contribution in [2.24, 2.45) is 5.92 Å². The number of aliphatic carboxylic acids is 1. The normalized spacial score (nSPS) is 28.0. The Bertz CT molecular complexity index is 537. The molecule has 1 saturated carbocycles. The fourth-order valence-corrected chi connectivity index (χ4v) is 3.26. The Balaban J connectivity index is 2.19. The quantitative estimate of drug-likeness (QED) is 0.854. The molecule has 5 heteroatoms. The van der Waals surface area contributed by atoms with Crippen molar-refractivity contribution in [3.63, 3.8) is 0 Å². The Morgan fingerprint density at radius 1 is 1.30 bits per heavy atom. The second-order valence-corrected chi connectivity index (χ2v) is 7.37. The molecule has 2 unspecified atom stereocenters. The number of carboxylic acid groups (broad SMARTS) is 1. The zero-order valence-corrected chi connectivity index (χ0v) is 13.4. The Hall–Kier alpha value is -0.930. The largest absolute Gasteiger partial charge is 0.478 e. The number of benzene rings is 1. The standard InChI is InChI=1S/C15H18Cl2O3/c1-9-14(4,15(9,16)17)10-5-7-11(8-6-10)20-13(2,3)12(18)19/h5-9H,1-4H3,(H,18,19). The smallest absolute Gasteiger partial charge is 0.347 e. The van der Waals surface area contributed by atoms with Crippen molar-refractivity contribution in [3.8, 4) is 5.75 Å². The number of alkyl halides is 2. The van der Waals surface area contributed by atoms with Crippen LogP contribution in [0.2, 0.25) is 0 Å².